The summed E-state index contributed by atoms with van der Waals surface area (Å²) in [4.78, 5) is 14.6. The van der Waals surface area contributed by atoms with Gasteiger partial charge in [-0.1, -0.05) is 37.3 Å². The molecule has 2 aliphatic heterocycles. The van der Waals surface area contributed by atoms with Crippen LogP contribution >= 0.6 is 0 Å². The van der Waals surface area contributed by atoms with Gasteiger partial charge in [-0.25, -0.2) is 4.79 Å². The molecule has 4 nitrogen and oxygen atoms in total. The predicted octanol–water partition coefficient (Wildman–Crippen LogP) is 2.75. The average Bonchev–Trinajstić information content (AvgIpc) is 2.61. The number of piperidine rings is 2. The lowest BCUT2D eigenvalue weighted by atomic mass is 9.76. The summed E-state index contributed by atoms with van der Waals surface area (Å²) < 4.78 is 0. The highest BCUT2D eigenvalue weighted by Crippen LogP contribution is 2.33. The lowest BCUT2D eigenvalue weighted by Crippen LogP contribution is -2.51. The van der Waals surface area contributed by atoms with Crippen LogP contribution in [0.5, 0.6) is 0 Å². The molecule has 2 N–H and O–H groups in total. The van der Waals surface area contributed by atoms with Gasteiger partial charge in [0.05, 0.1) is 0 Å². The van der Waals surface area contributed by atoms with Gasteiger partial charge < -0.3 is 15.5 Å². The Bertz CT molecular complexity index is 513. The average molecular weight is 315 g/mol. The molecule has 4 heteroatoms. The largest absolute Gasteiger partial charge is 0.338 e. The molecule has 1 unspecified atom stereocenters. The second kappa shape index (κ2) is 7.35. The molecule has 2 saturated heterocycles. The molecule has 0 aromatic heterocycles. The number of carbonyl (C=O) groups is 1. The van der Waals surface area contributed by atoms with E-state index in [4.69, 9.17) is 0 Å². The van der Waals surface area contributed by atoms with Gasteiger partial charge in [0.15, 0.2) is 0 Å². The van der Waals surface area contributed by atoms with Gasteiger partial charge in [-0.15, -0.1) is 0 Å². The van der Waals surface area contributed by atoms with E-state index in [1.54, 1.807) is 0 Å². The minimum Gasteiger partial charge on any atom is -0.338 e. The van der Waals surface area contributed by atoms with Gasteiger partial charge in [0.2, 0.25) is 0 Å². The van der Waals surface area contributed by atoms with Crippen molar-refractivity contribution in [1.29, 1.82) is 0 Å². The van der Waals surface area contributed by atoms with Crippen LogP contribution in [0.4, 0.5) is 4.79 Å². The van der Waals surface area contributed by atoms with Gasteiger partial charge in [-0.3, -0.25) is 0 Å². The van der Waals surface area contributed by atoms with Crippen LogP contribution in [-0.4, -0.2) is 43.7 Å². The summed E-state index contributed by atoms with van der Waals surface area (Å²) in [6.07, 6.45) is 4.56. The van der Waals surface area contributed by atoms with Crippen LogP contribution in [0.25, 0.3) is 0 Å². The molecule has 0 saturated carbocycles. The van der Waals surface area contributed by atoms with Gasteiger partial charge in [-0.2, -0.15) is 0 Å². The standard InChI is InChI=1S/C19H29N3O/c1-19(17-6-3-2-4-7-17)10-5-13-22(15-19)18(23)21-14-16-8-11-20-12-9-16/h2-4,6-7,16,20H,5,8-15H2,1H3,(H,21,23). The Hall–Kier alpha value is -1.55. The molecule has 3 rings (SSSR count). The van der Waals surface area contributed by atoms with Crippen molar-refractivity contribution in [3.05, 3.63) is 35.9 Å². The quantitative estimate of drug-likeness (QED) is 0.901. The molecular weight excluding hydrogens is 286 g/mol. The van der Waals surface area contributed by atoms with Gasteiger partial charge in [0, 0.05) is 25.0 Å². The molecular formula is C19H29N3O. The van der Waals surface area contributed by atoms with Crippen molar-refractivity contribution in [2.75, 3.05) is 32.7 Å². The predicted molar refractivity (Wildman–Crippen MR) is 93.6 cm³/mol. The molecule has 126 valence electrons. The molecule has 0 aliphatic carbocycles. The fraction of sp³-hybridized carbons (Fsp3) is 0.632. The number of benzene rings is 1. The van der Waals surface area contributed by atoms with Crippen molar-refractivity contribution in [2.45, 2.75) is 38.0 Å². The van der Waals surface area contributed by atoms with Crippen LogP contribution in [0.2, 0.25) is 0 Å². The van der Waals surface area contributed by atoms with Crippen LogP contribution in [0, 0.1) is 5.92 Å². The highest BCUT2D eigenvalue weighted by Gasteiger charge is 2.34. The molecule has 23 heavy (non-hydrogen) atoms. The van der Waals surface area contributed by atoms with Crippen molar-refractivity contribution in [3.8, 4) is 0 Å². The number of hydrogen-bond donors (Lipinski definition) is 2. The summed E-state index contributed by atoms with van der Waals surface area (Å²) in [7, 11) is 0. The number of nitrogens with one attached hydrogen (secondary N) is 2. The Labute approximate surface area is 139 Å². The fourth-order valence-electron chi connectivity index (χ4n) is 3.92. The van der Waals surface area contributed by atoms with Crippen molar-refractivity contribution in [1.82, 2.24) is 15.5 Å². The van der Waals surface area contributed by atoms with E-state index in [2.05, 4.69) is 47.9 Å². The normalized spacial score (nSPS) is 26.0. The molecule has 1 atom stereocenters. The molecule has 0 radical (unpaired) electrons. The Morgan fingerprint density at radius 2 is 2.04 bits per heavy atom. The third kappa shape index (κ3) is 4.05. The van der Waals surface area contributed by atoms with Crippen LogP contribution < -0.4 is 10.6 Å². The Kier molecular flexibility index (Phi) is 5.21. The lowest BCUT2D eigenvalue weighted by Gasteiger charge is -2.41. The zero-order chi connectivity index (χ0) is 16.1. The maximum Gasteiger partial charge on any atom is 0.317 e. The van der Waals surface area contributed by atoms with Gasteiger partial charge in [-0.05, 0) is 50.3 Å². The molecule has 2 aliphatic rings. The highest BCUT2D eigenvalue weighted by atomic mass is 16.2. The summed E-state index contributed by atoms with van der Waals surface area (Å²) in [5.74, 6) is 0.630. The summed E-state index contributed by atoms with van der Waals surface area (Å²) in [5, 5.41) is 6.54. The smallest absolute Gasteiger partial charge is 0.317 e. The molecule has 1 aromatic carbocycles. The van der Waals surface area contributed by atoms with E-state index in [0.29, 0.717) is 5.92 Å². The van der Waals surface area contributed by atoms with E-state index in [9.17, 15) is 4.79 Å². The van der Waals surface area contributed by atoms with Crippen molar-refractivity contribution >= 4 is 6.03 Å². The van der Waals surface area contributed by atoms with Crippen molar-refractivity contribution in [3.63, 3.8) is 0 Å². The minimum atomic E-state index is 0.0750. The van der Waals surface area contributed by atoms with Crippen LogP contribution in [0.15, 0.2) is 30.3 Å². The number of carbonyl (C=O) groups excluding carboxylic acids is 1. The fourth-order valence-corrected chi connectivity index (χ4v) is 3.92. The van der Waals surface area contributed by atoms with Gasteiger partial charge in [0.1, 0.15) is 0 Å². The van der Waals surface area contributed by atoms with E-state index in [0.717, 1.165) is 45.6 Å². The first kappa shape index (κ1) is 16.3. The number of nitrogens with zero attached hydrogens (tertiary/aromatic N) is 1. The third-order valence-corrected chi connectivity index (χ3v) is 5.46. The van der Waals surface area contributed by atoms with E-state index in [-0.39, 0.29) is 11.4 Å². The maximum absolute atomic E-state index is 12.6. The maximum atomic E-state index is 12.6. The molecule has 2 fully saturated rings. The molecule has 2 heterocycles. The van der Waals surface area contributed by atoms with Crippen molar-refractivity contribution in [2.24, 2.45) is 5.92 Å². The monoisotopic (exact) mass is 315 g/mol. The molecule has 2 amide bonds. The molecule has 0 spiro atoms. The summed E-state index contributed by atoms with van der Waals surface area (Å²) in [5.41, 5.74) is 1.42. The first-order valence-corrected chi connectivity index (χ1v) is 8.96. The number of amides is 2. The third-order valence-electron chi connectivity index (χ3n) is 5.46. The summed E-state index contributed by atoms with van der Waals surface area (Å²) in [6, 6.07) is 10.7. The van der Waals surface area contributed by atoms with Gasteiger partial charge >= 0.3 is 6.03 Å². The van der Waals surface area contributed by atoms with E-state index in [1.165, 1.54) is 18.4 Å². The number of likely N-dealkylation sites (tertiary alicyclic amines) is 1. The Morgan fingerprint density at radius 1 is 1.30 bits per heavy atom. The first-order chi connectivity index (χ1) is 11.2. The number of hydrogen-bond acceptors (Lipinski definition) is 2. The van der Waals surface area contributed by atoms with E-state index >= 15 is 0 Å². The van der Waals surface area contributed by atoms with Crippen LogP contribution in [0.1, 0.15) is 38.2 Å². The second-order valence-corrected chi connectivity index (χ2v) is 7.33. The number of urea groups is 1. The molecule has 0 bridgehead atoms. The minimum absolute atomic E-state index is 0.0750. The Morgan fingerprint density at radius 3 is 2.78 bits per heavy atom. The topological polar surface area (TPSA) is 44.4 Å². The van der Waals surface area contributed by atoms with E-state index in [1.807, 2.05) is 4.90 Å². The molecule has 1 aromatic rings. The zero-order valence-electron chi connectivity index (χ0n) is 14.2. The lowest BCUT2D eigenvalue weighted by molar-refractivity contribution is 0.153. The Balaban J connectivity index is 1.56. The summed E-state index contributed by atoms with van der Waals surface area (Å²) >= 11 is 0. The highest BCUT2D eigenvalue weighted by molar-refractivity contribution is 5.74. The van der Waals surface area contributed by atoms with Gasteiger partial charge in [0.25, 0.3) is 0 Å². The zero-order valence-corrected chi connectivity index (χ0v) is 14.2. The van der Waals surface area contributed by atoms with Crippen molar-refractivity contribution < 1.29 is 4.79 Å². The second-order valence-electron chi connectivity index (χ2n) is 7.33. The van der Waals surface area contributed by atoms with E-state index < -0.39 is 0 Å². The van der Waals surface area contributed by atoms with Crippen LogP contribution in [-0.2, 0) is 5.41 Å². The number of rotatable bonds is 3. The van der Waals surface area contributed by atoms with Crippen LogP contribution in [0.3, 0.4) is 0 Å². The summed E-state index contributed by atoms with van der Waals surface area (Å²) in [6.45, 7) is 6.95. The SMILES string of the molecule is CC1(c2ccccc2)CCCN(C(=O)NCC2CCNCC2)C1. The first-order valence-electron chi connectivity index (χ1n) is 8.96.